The summed E-state index contributed by atoms with van der Waals surface area (Å²) in [5.41, 5.74) is 3.18. The minimum Gasteiger partial charge on any atom is -0.387 e. The summed E-state index contributed by atoms with van der Waals surface area (Å²) in [6.07, 6.45) is 0.819. The first kappa shape index (κ1) is 13.0. The largest absolute Gasteiger partial charge is 0.387 e. The van der Waals surface area contributed by atoms with Gasteiger partial charge in [-0.05, 0) is 22.4 Å². The molecule has 0 aliphatic carbocycles. The van der Waals surface area contributed by atoms with Crippen molar-refractivity contribution in [1.29, 1.82) is 0 Å². The van der Waals surface area contributed by atoms with Gasteiger partial charge in [-0.3, -0.25) is 5.43 Å². The third-order valence-electron chi connectivity index (χ3n) is 2.26. The summed E-state index contributed by atoms with van der Waals surface area (Å²) in [5.74, 6) is 5.89. The van der Waals surface area contributed by atoms with Gasteiger partial charge in [0.1, 0.15) is 5.02 Å². The number of rotatable bonds is 5. The summed E-state index contributed by atoms with van der Waals surface area (Å²) < 4.78 is 0. The van der Waals surface area contributed by atoms with E-state index >= 15 is 0 Å². The Morgan fingerprint density at radius 1 is 1.56 bits per heavy atom. The summed E-state index contributed by atoms with van der Waals surface area (Å²) >= 11 is 7.46. The third kappa shape index (κ3) is 3.08. The zero-order valence-electron chi connectivity index (χ0n) is 9.30. The summed E-state index contributed by atoms with van der Waals surface area (Å²) in [6.45, 7) is 0.303. The Balaban J connectivity index is 2.01. The van der Waals surface area contributed by atoms with Crippen LogP contribution in [-0.2, 0) is 0 Å². The molecule has 1 atom stereocenters. The molecule has 0 spiro atoms. The fraction of sp³-hybridized carbons (Fsp3) is 0.200. The van der Waals surface area contributed by atoms with Gasteiger partial charge < -0.3 is 10.4 Å². The monoisotopic (exact) mass is 285 g/mol. The number of aromatic nitrogens is 2. The van der Waals surface area contributed by atoms with Gasteiger partial charge >= 0.3 is 0 Å². The van der Waals surface area contributed by atoms with E-state index in [2.05, 4.69) is 20.7 Å². The number of aliphatic hydroxyl groups excluding tert-OH is 1. The Hall–Kier alpha value is -1.41. The molecular formula is C10H12ClN5OS. The van der Waals surface area contributed by atoms with E-state index in [1.165, 1.54) is 17.5 Å². The molecule has 1 unspecified atom stereocenters. The number of thiophene rings is 1. The molecule has 2 aromatic heterocycles. The first-order valence-electron chi connectivity index (χ1n) is 5.14. The topological polar surface area (TPSA) is 96.1 Å². The highest BCUT2D eigenvalue weighted by atomic mass is 35.5. The number of nitrogens with two attached hydrogens (primary N) is 1. The molecule has 5 N–H and O–H groups in total. The molecule has 0 amide bonds. The van der Waals surface area contributed by atoms with Crippen LogP contribution in [0.1, 0.15) is 11.7 Å². The van der Waals surface area contributed by atoms with E-state index in [9.17, 15) is 5.11 Å². The highest BCUT2D eigenvalue weighted by Crippen LogP contribution is 2.21. The third-order valence-corrected chi connectivity index (χ3v) is 3.24. The van der Waals surface area contributed by atoms with Crippen LogP contribution in [0.4, 0.5) is 11.8 Å². The van der Waals surface area contributed by atoms with Crippen molar-refractivity contribution >= 4 is 34.7 Å². The summed E-state index contributed by atoms with van der Waals surface area (Å²) in [7, 11) is 0. The maximum atomic E-state index is 9.91. The van der Waals surface area contributed by atoms with Crippen molar-refractivity contribution < 1.29 is 5.11 Å². The van der Waals surface area contributed by atoms with Crippen molar-refractivity contribution in [3.05, 3.63) is 33.6 Å². The van der Waals surface area contributed by atoms with Crippen molar-refractivity contribution in [1.82, 2.24) is 9.97 Å². The Morgan fingerprint density at radius 2 is 2.39 bits per heavy atom. The standard InChI is InChI=1S/C10H12ClN5OS/c11-7-3-14-10(16-12)15-9(7)13-4-8(17)6-1-2-18-5-6/h1-3,5,8,17H,4,12H2,(H2,13,14,15,16). The van der Waals surface area contributed by atoms with Crippen LogP contribution >= 0.6 is 22.9 Å². The lowest BCUT2D eigenvalue weighted by molar-refractivity contribution is 0.192. The molecule has 0 aliphatic rings. The van der Waals surface area contributed by atoms with Crippen LogP contribution in [-0.4, -0.2) is 21.6 Å². The number of hydrogen-bond donors (Lipinski definition) is 4. The van der Waals surface area contributed by atoms with Gasteiger partial charge in [0.25, 0.3) is 0 Å². The smallest absolute Gasteiger partial charge is 0.239 e. The number of anilines is 2. The lowest BCUT2D eigenvalue weighted by atomic mass is 10.2. The highest BCUT2D eigenvalue weighted by molar-refractivity contribution is 7.07. The number of nitrogens with zero attached hydrogens (tertiary/aromatic N) is 2. The first-order chi connectivity index (χ1) is 8.70. The van der Waals surface area contributed by atoms with Gasteiger partial charge in [-0.1, -0.05) is 11.6 Å². The molecule has 0 radical (unpaired) electrons. The normalized spacial score (nSPS) is 12.2. The molecule has 0 aliphatic heterocycles. The molecule has 0 bridgehead atoms. The molecule has 6 nitrogen and oxygen atoms in total. The van der Waals surface area contributed by atoms with Crippen LogP contribution in [0.5, 0.6) is 0 Å². The van der Waals surface area contributed by atoms with Crippen LogP contribution in [0.25, 0.3) is 0 Å². The van der Waals surface area contributed by atoms with Crippen LogP contribution in [0.3, 0.4) is 0 Å². The SMILES string of the molecule is NNc1ncc(Cl)c(NCC(O)c2ccsc2)n1. The van der Waals surface area contributed by atoms with Crippen LogP contribution < -0.4 is 16.6 Å². The Kier molecular flexibility index (Phi) is 4.32. The van der Waals surface area contributed by atoms with Crippen molar-refractivity contribution in [3.8, 4) is 0 Å². The molecule has 0 fully saturated rings. The number of nitrogens with one attached hydrogen (secondary N) is 2. The van der Waals surface area contributed by atoms with Gasteiger partial charge in [-0.15, -0.1) is 0 Å². The molecule has 2 aromatic rings. The van der Waals surface area contributed by atoms with Crippen molar-refractivity contribution in [2.24, 2.45) is 5.84 Å². The van der Waals surface area contributed by atoms with E-state index in [-0.39, 0.29) is 5.95 Å². The average Bonchev–Trinajstić information content (AvgIpc) is 2.91. The Labute approximate surface area is 113 Å². The van der Waals surface area contributed by atoms with E-state index in [4.69, 9.17) is 17.4 Å². The van der Waals surface area contributed by atoms with Gasteiger partial charge in [-0.2, -0.15) is 16.3 Å². The maximum Gasteiger partial charge on any atom is 0.239 e. The lowest BCUT2D eigenvalue weighted by Crippen LogP contribution is -2.15. The fourth-order valence-electron chi connectivity index (χ4n) is 1.34. The maximum absolute atomic E-state index is 9.91. The molecule has 0 aromatic carbocycles. The molecule has 2 heterocycles. The van der Waals surface area contributed by atoms with Crippen LogP contribution in [0.15, 0.2) is 23.0 Å². The Morgan fingerprint density at radius 3 is 3.06 bits per heavy atom. The van der Waals surface area contributed by atoms with E-state index < -0.39 is 6.10 Å². The number of nitrogen functional groups attached to an aromatic ring is 1. The quantitative estimate of drug-likeness (QED) is 0.492. The van der Waals surface area contributed by atoms with Crippen molar-refractivity contribution in [2.75, 3.05) is 17.3 Å². The number of aliphatic hydroxyl groups is 1. The minimum atomic E-state index is -0.614. The second-order valence-electron chi connectivity index (χ2n) is 3.49. The van der Waals surface area contributed by atoms with E-state index in [1.807, 2.05) is 16.8 Å². The van der Waals surface area contributed by atoms with Gasteiger partial charge in [-0.25, -0.2) is 10.8 Å². The van der Waals surface area contributed by atoms with Crippen molar-refractivity contribution in [3.63, 3.8) is 0 Å². The van der Waals surface area contributed by atoms with Gasteiger partial charge in [0.2, 0.25) is 5.95 Å². The summed E-state index contributed by atoms with van der Waals surface area (Å²) in [6, 6.07) is 1.87. The average molecular weight is 286 g/mol. The summed E-state index contributed by atoms with van der Waals surface area (Å²) in [5, 5.41) is 17.0. The van der Waals surface area contributed by atoms with Crippen LogP contribution in [0.2, 0.25) is 5.02 Å². The molecule has 2 rings (SSSR count). The minimum absolute atomic E-state index is 0.256. The zero-order valence-corrected chi connectivity index (χ0v) is 10.9. The van der Waals surface area contributed by atoms with Gasteiger partial charge in [0.05, 0.1) is 12.3 Å². The van der Waals surface area contributed by atoms with Crippen LogP contribution in [0, 0.1) is 0 Å². The first-order valence-corrected chi connectivity index (χ1v) is 6.46. The van der Waals surface area contributed by atoms with Crippen molar-refractivity contribution in [2.45, 2.75) is 6.10 Å². The second kappa shape index (κ2) is 5.96. The van der Waals surface area contributed by atoms with Gasteiger partial charge in [0, 0.05) is 6.54 Å². The molecule has 96 valence electrons. The predicted octanol–water partition coefficient (Wildman–Crippen LogP) is 1.62. The van der Waals surface area contributed by atoms with E-state index in [0.29, 0.717) is 17.4 Å². The Bertz CT molecular complexity index is 507. The second-order valence-corrected chi connectivity index (χ2v) is 4.68. The number of hydrazine groups is 1. The zero-order chi connectivity index (χ0) is 13.0. The molecule has 18 heavy (non-hydrogen) atoms. The highest BCUT2D eigenvalue weighted by Gasteiger charge is 2.10. The molecular weight excluding hydrogens is 274 g/mol. The number of halogens is 1. The summed E-state index contributed by atoms with van der Waals surface area (Å²) in [4.78, 5) is 7.90. The number of hydrogen-bond acceptors (Lipinski definition) is 7. The molecule has 0 saturated carbocycles. The van der Waals surface area contributed by atoms with Gasteiger partial charge in [0.15, 0.2) is 5.82 Å². The van der Waals surface area contributed by atoms with E-state index in [0.717, 1.165) is 5.56 Å². The van der Waals surface area contributed by atoms with E-state index in [1.54, 1.807) is 0 Å². The molecule has 8 heteroatoms. The lowest BCUT2D eigenvalue weighted by Gasteiger charge is -2.12. The predicted molar refractivity (Wildman–Crippen MR) is 72.6 cm³/mol. The fourth-order valence-corrected chi connectivity index (χ4v) is 2.20. The molecule has 0 saturated heterocycles.